The first-order valence-electron chi connectivity index (χ1n) is 5.16. The second-order valence-corrected chi connectivity index (χ2v) is 6.95. The Kier molecular flexibility index (Phi) is 4.56. The normalized spacial score (nSPS) is 10.2. The van der Waals surface area contributed by atoms with E-state index in [-0.39, 0.29) is 5.56 Å². The molecule has 0 saturated heterocycles. The maximum absolute atomic E-state index is 11.6. The largest absolute Gasteiger partial charge is 0.478 e. The van der Waals surface area contributed by atoms with Crippen molar-refractivity contribution in [2.45, 2.75) is 6.54 Å². The number of halogens is 1. The van der Waals surface area contributed by atoms with Crippen molar-refractivity contribution < 1.29 is 14.7 Å². The first-order chi connectivity index (χ1) is 9.06. The predicted molar refractivity (Wildman–Crippen MR) is 79.2 cm³/mol. The maximum Gasteiger partial charge on any atom is 0.338 e. The van der Waals surface area contributed by atoms with Gasteiger partial charge in [0.05, 0.1) is 15.9 Å². The van der Waals surface area contributed by atoms with Gasteiger partial charge in [0, 0.05) is 4.88 Å². The van der Waals surface area contributed by atoms with E-state index in [9.17, 15) is 9.59 Å². The van der Waals surface area contributed by atoms with Crippen LogP contribution in [0.2, 0.25) is 0 Å². The van der Waals surface area contributed by atoms with Crippen LogP contribution in [0.3, 0.4) is 0 Å². The topological polar surface area (TPSA) is 78.4 Å². The number of carbonyl (C=O) groups excluding carboxylic acids is 1. The Labute approximate surface area is 125 Å². The summed E-state index contributed by atoms with van der Waals surface area (Å²) < 4.78 is 0.996. The van der Waals surface area contributed by atoms with E-state index in [1.807, 2.05) is 12.1 Å². The Morgan fingerprint density at radius 3 is 2.74 bits per heavy atom. The lowest BCUT2D eigenvalue weighted by molar-refractivity contribution is 0.0698. The zero-order valence-corrected chi connectivity index (χ0v) is 12.7. The van der Waals surface area contributed by atoms with Crippen LogP contribution in [0.25, 0.3) is 0 Å². The summed E-state index contributed by atoms with van der Waals surface area (Å²) in [6.45, 7) is 0.399. The number of aromatic carboxylic acids is 1. The van der Waals surface area contributed by atoms with Crippen molar-refractivity contribution in [1.29, 1.82) is 0 Å². The summed E-state index contributed by atoms with van der Waals surface area (Å²) in [5.41, 5.74) is 0.0963. The molecule has 0 aromatic carbocycles. The molecule has 2 heterocycles. The number of amides is 2. The van der Waals surface area contributed by atoms with Crippen LogP contribution in [0.4, 0.5) is 9.80 Å². The highest BCUT2D eigenvalue weighted by atomic mass is 79.9. The highest BCUT2D eigenvalue weighted by Crippen LogP contribution is 2.23. The molecule has 0 saturated carbocycles. The second-order valence-electron chi connectivity index (χ2n) is 3.48. The van der Waals surface area contributed by atoms with Crippen molar-refractivity contribution >= 4 is 55.6 Å². The number of urea groups is 1. The van der Waals surface area contributed by atoms with Crippen molar-refractivity contribution in [3.63, 3.8) is 0 Å². The Balaban J connectivity index is 1.90. The van der Waals surface area contributed by atoms with E-state index in [1.54, 1.807) is 5.38 Å². The van der Waals surface area contributed by atoms with Gasteiger partial charge in [-0.15, -0.1) is 22.7 Å². The third-order valence-electron chi connectivity index (χ3n) is 2.17. The van der Waals surface area contributed by atoms with Crippen molar-refractivity contribution in [1.82, 2.24) is 5.32 Å². The highest BCUT2D eigenvalue weighted by Gasteiger charge is 2.13. The average Bonchev–Trinajstić information content (AvgIpc) is 2.95. The molecule has 0 bridgehead atoms. The summed E-state index contributed by atoms with van der Waals surface area (Å²) in [7, 11) is 0. The molecule has 2 rings (SSSR count). The summed E-state index contributed by atoms with van der Waals surface area (Å²) in [4.78, 5) is 23.5. The van der Waals surface area contributed by atoms with Gasteiger partial charge in [0.15, 0.2) is 0 Å². The number of hydrogen-bond donors (Lipinski definition) is 3. The minimum Gasteiger partial charge on any atom is -0.478 e. The van der Waals surface area contributed by atoms with Gasteiger partial charge in [-0.2, -0.15) is 0 Å². The van der Waals surface area contributed by atoms with Crippen LogP contribution >= 0.6 is 38.6 Å². The summed E-state index contributed by atoms with van der Waals surface area (Å²) in [6.07, 6.45) is 0. The molecule has 0 aliphatic rings. The number of carboxylic acids is 1. The van der Waals surface area contributed by atoms with E-state index in [1.165, 1.54) is 28.7 Å². The summed E-state index contributed by atoms with van der Waals surface area (Å²) in [6, 6.07) is 4.85. The number of rotatable bonds is 4. The third-order valence-corrected chi connectivity index (χ3v) is 4.63. The van der Waals surface area contributed by atoms with Crippen molar-refractivity contribution in [3.05, 3.63) is 37.8 Å². The lowest BCUT2D eigenvalue weighted by atomic mass is 10.3. The fourth-order valence-electron chi connectivity index (χ4n) is 1.34. The number of carbonyl (C=O) groups is 2. The lowest BCUT2D eigenvalue weighted by Gasteiger charge is -2.05. The number of carboxylic acid groups (broad SMARTS) is 1. The highest BCUT2D eigenvalue weighted by molar-refractivity contribution is 9.11. The molecule has 0 atom stereocenters. The third kappa shape index (κ3) is 3.79. The summed E-state index contributed by atoms with van der Waals surface area (Å²) in [5.74, 6) is -1.06. The lowest BCUT2D eigenvalue weighted by Crippen LogP contribution is -2.28. The predicted octanol–water partition coefficient (Wildman–Crippen LogP) is 3.59. The molecule has 2 aromatic heterocycles. The molecule has 0 fully saturated rings. The van der Waals surface area contributed by atoms with Gasteiger partial charge < -0.3 is 10.4 Å². The quantitative estimate of drug-likeness (QED) is 0.779. The van der Waals surface area contributed by atoms with Gasteiger partial charge in [-0.25, -0.2) is 9.59 Å². The van der Waals surface area contributed by atoms with E-state index in [0.717, 1.165) is 8.66 Å². The molecule has 8 heteroatoms. The van der Waals surface area contributed by atoms with Gasteiger partial charge in [-0.05, 0) is 39.5 Å². The number of thiophene rings is 2. The van der Waals surface area contributed by atoms with E-state index in [0.29, 0.717) is 11.5 Å². The molecule has 19 heavy (non-hydrogen) atoms. The van der Waals surface area contributed by atoms with Crippen molar-refractivity contribution in [2.75, 3.05) is 5.32 Å². The van der Waals surface area contributed by atoms with Crippen LogP contribution in [0.1, 0.15) is 15.2 Å². The molecule has 100 valence electrons. The zero-order valence-electron chi connectivity index (χ0n) is 9.47. The van der Waals surface area contributed by atoms with Gasteiger partial charge in [-0.3, -0.25) is 5.32 Å². The van der Waals surface area contributed by atoms with E-state index in [2.05, 4.69) is 26.6 Å². The first-order valence-corrected chi connectivity index (χ1v) is 7.65. The Bertz CT molecular complexity index is 609. The van der Waals surface area contributed by atoms with Crippen LogP contribution in [-0.2, 0) is 6.54 Å². The second kappa shape index (κ2) is 6.18. The van der Waals surface area contributed by atoms with E-state index < -0.39 is 12.0 Å². The summed E-state index contributed by atoms with van der Waals surface area (Å²) in [5, 5.41) is 16.1. The maximum atomic E-state index is 11.6. The smallest absolute Gasteiger partial charge is 0.338 e. The van der Waals surface area contributed by atoms with Crippen molar-refractivity contribution in [3.8, 4) is 0 Å². The van der Waals surface area contributed by atoms with Crippen LogP contribution < -0.4 is 10.6 Å². The van der Waals surface area contributed by atoms with Crippen LogP contribution in [0, 0.1) is 0 Å². The fraction of sp³-hybridized carbons (Fsp3) is 0.0909. The standard InChI is InChI=1S/C11H9BrN2O3S2/c12-8-2-1-6(19-8)5-13-11(17)14-9-7(10(15)16)3-4-18-9/h1-4H,5H2,(H,15,16)(H2,13,14,17). The van der Waals surface area contributed by atoms with Gasteiger partial charge in [0.1, 0.15) is 5.00 Å². The first kappa shape index (κ1) is 14.0. The van der Waals surface area contributed by atoms with Crippen molar-refractivity contribution in [2.24, 2.45) is 0 Å². The Morgan fingerprint density at radius 1 is 1.32 bits per heavy atom. The molecule has 0 radical (unpaired) electrons. The minimum atomic E-state index is -1.06. The molecule has 0 spiro atoms. The molecular formula is C11H9BrN2O3S2. The molecule has 0 aliphatic carbocycles. The van der Waals surface area contributed by atoms with Gasteiger partial charge >= 0.3 is 12.0 Å². The number of hydrogen-bond acceptors (Lipinski definition) is 4. The number of nitrogens with one attached hydrogen (secondary N) is 2. The van der Waals surface area contributed by atoms with Gasteiger partial charge in [-0.1, -0.05) is 0 Å². The van der Waals surface area contributed by atoms with E-state index in [4.69, 9.17) is 5.11 Å². The zero-order chi connectivity index (χ0) is 13.8. The summed E-state index contributed by atoms with van der Waals surface area (Å²) >= 11 is 6.04. The Hall–Kier alpha value is -1.38. The number of anilines is 1. The fourth-order valence-corrected chi connectivity index (χ4v) is 3.53. The van der Waals surface area contributed by atoms with Gasteiger partial charge in [0.25, 0.3) is 0 Å². The Morgan fingerprint density at radius 2 is 2.11 bits per heavy atom. The molecule has 2 aromatic rings. The molecular weight excluding hydrogens is 352 g/mol. The molecule has 0 aliphatic heterocycles. The SMILES string of the molecule is O=C(NCc1ccc(Br)s1)Nc1sccc1C(=O)O. The molecule has 3 N–H and O–H groups in total. The average molecular weight is 361 g/mol. The monoisotopic (exact) mass is 360 g/mol. The van der Waals surface area contributed by atoms with E-state index >= 15 is 0 Å². The van der Waals surface area contributed by atoms with Crippen LogP contribution in [0.15, 0.2) is 27.4 Å². The van der Waals surface area contributed by atoms with Crippen LogP contribution in [0.5, 0.6) is 0 Å². The van der Waals surface area contributed by atoms with Crippen LogP contribution in [-0.4, -0.2) is 17.1 Å². The van der Waals surface area contributed by atoms with Gasteiger partial charge in [0.2, 0.25) is 0 Å². The minimum absolute atomic E-state index is 0.0963. The molecule has 2 amide bonds. The molecule has 5 nitrogen and oxygen atoms in total. The molecule has 0 unspecified atom stereocenters.